The first-order valence-electron chi connectivity index (χ1n) is 6.48. The fourth-order valence-corrected chi connectivity index (χ4v) is 2.01. The molecule has 112 valence electrons. The van der Waals surface area contributed by atoms with Crippen molar-refractivity contribution in [1.82, 2.24) is 4.90 Å². The van der Waals surface area contributed by atoms with Crippen LogP contribution in [0.25, 0.3) is 0 Å². The third-order valence-electron chi connectivity index (χ3n) is 3.07. The molecule has 0 N–H and O–H groups in total. The van der Waals surface area contributed by atoms with Gasteiger partial charge in [0.25, 0.3) is 0 Å². The second kappa shape index (κ2) is 9.19. The number of nitrogens with zero attached hydrogens (tertiary/aromatic N) is 2. The van der Waals surface area contributed by atoms with Gasteiger partial charge in [-0.3, -0.25) is 4.90 Å². The van der Waals surface area contributed by atoms with Crippen LogP contribution in [0.15, 0.2) is 29.4 Å². The quantitative estimate of drug-likeness (QED) is 0.418. The van der Waals surface area contributed by atoms with Crippen molar-refractivity contribution >= 4 is 17.3 Å². The average Bonchev–Trinajstić information content (AvgIpc) is 2.45. The van der Waals surface area contributed by atoms with Gasteiger partial charge < -0.3 is 22.0 Å². The molecule has 2 rings (SSSR count). The molecule has 0 atom stereocenters. The Morgan fingerprint density at radius 3 is 2.65 bits per heavy atom. The maximum Gasteiger partial charge on any atom is 1.00 e. The second-order valence-electron chi connectivity index (χ2n) is 4.47. The Kier molecular flexibility index (Phi) is 7.92. The summed E-state index contributed by atoms with van der Waals surface area (Å²) in [4.78, 5) is 7.67. The molecule has 0 radical (unpaired) electrons. The van der Waals surface area contributed by atoms with Gasteiger partial charge in [0.2, 0.25) is 0 Å². The van der Waals surface area contributed by atoms with Crippen molar-refractivity contribution in [3.63, 3.8) is 0 Å². The lowest BCUT2D eigenvalue weighted by atomic mass is 10.1. The standard InChI is InChI=1S/C14H19ClN2O2.ClH/c1-12(13-2-4-14(15)5-3-13)16-19-11-8-17-6-9-18-10-7-17;/h2-5H,6-11H2,1H3;1H/b16-12+;. The first kappa shape index (κ1) is 17.2. The van der Waals surface area contributed by atoms with Gasteiger partial charge >= 0.3 is 1.43 Å². The molecule has 1 aromatic carbocycles. The largest absolute Gasteiger partial charge is 1.00 e. The molecule has 0 bridgehead atoms. The molecule has 4 nitrogen and oxygen atoms in total. The van der Waals surface area contributed by atoms with Crippen molar-refractivity contribution in [2.24, 2.45) is 5.16 Å². The zero-order chi connectivity index (χ0) is 13.5. The van der Waals surface area contributed by atoms with Crippen LogP contribution in [-0.2, 0) is 9.57 Å². The van der Waals surface area contributed by atoms with Crippen LogP contribution >= 0.6 is 11.6 Å². The van der Waals surface area contributed by atoms with Gasteiger partial charge in [-0.1, -0.05) is 28.9 Å². The van der Waals surface area contributed by atoms with Gasteiger partial charge in [-0.15, -0.1) is 0 Å². The smallest absolute Gasteiger partial charge is 1.00 e. The van der Waals surface area contributed by atoms with E-state index in [0.29, 0.717) is 6.61 Å². The molecule has 1 aliphatic rings. The molecule has 0 aliphatic carbocycles. The Hall–Kier alpha value is -0.810. The van der Waals surface area contributed by atoms with Crippen LogP contribution in [0.5, 0.6) is 0 Å². The summed E-state index contributed by atoms with van der Waals surface area (Å²) in [6.07, 6.45) is 0. The van der Waals surface area contributed by atoms with E-state index in [1.54, 1.807) is 0 Å². The lowest BCUT2D eigenvalue weighted by Crippen LogP contribution is -3.00. The Labute approximate surface area is 132 Å². The molecule has 1 aromatic rings. The minimum absolute atomic E-state index is 0. The summed E-state index contributed by atoms with van der Waals surface area (Å²) in [7, 11) is 0. The molecule has 20 heavy (non-hydrogen) atoms. The number of morpholine rings is 1. The molecular formula is C14H20Cl2N2O2. The number of halogens is 2. The highest BCUT2D eigenvalue weighted by Gasteiger charge is 2.09. The SMILES string of the molecule is C/C(=N\OCCN1CCOCC1)c1ccc(Cl)cc1.[Cl-].[H+]. The molecule has 0 saturated carbocycles. The van der Waals surface area contributed by atoms with Gasteiger partial charge in [0.1, 0.15) is 6.61 Å². The number of benzene rings is 1. The maximum absolute atomic E-state index is 5.84. The first-order chi connectivity index (χ1) is 9.25. The van der Waals surface area contributed by atoms with Crippen molar-refractivity contribution in [3.05, 3.63) is 34.9 Å². The summed E-state index contributed by atoms with van der Waals surface area (Å²) in [5.41, 5.74) is 1.88. The van der Waals surface area contributed by atoms with E-state index < -0.39 is 0 Å². The fraction of sp³-hybridized carbons (Fsp3) is 0.500. The molecule has 1 saturated heterocycles. The van der Waals surface area contributed by atoms with Crippen molar-refractivity contribution in [2.75, 3.05) is 39.5 Å². The first-order valence-corrected chi connectivity index (χ1v) is 6.86. The predicted molar refractivity (Wildman–Crippen MR) is 78.0 cm³/mol. The summed E-state index contributed by atoms with van der Waals surface area (Å²) < 4.78 is 5.29. The highest BCUT2D eigenvalue weighted by molar-refractivity contribution is 6.30. The number of ether oxygens (including phenoxy) is 1. The third-order valence-corrected chi connectivity index (χ3v) is 3.32. The van der Waals surface area contributed by atoms with Crippen LogP contribution < -0.4 is 12.4 Å². The Bertz CT molecular complexity index is 423. The molecule has 1 aliphatic heterocycles. The van der Waals surface area contributed by atoms with Crippen LogP contribution in [-0.4, -0.2) is 50.1 Å². The summed E-state index contributed by atoms with van der Waals surface area (Å²) in [5.74, 6) is 0. The van der Waals surface area contributed by atoms with Crippen molar-refractivity contribution in [2.45, 2.75) is 6.92 Å². The molecule has 0 amide bonds. The summed E-state index contributed by atoms with van der Waals surface area (Å²) in [5, 5.41) is 4.85. The lowest BCUT2D eigenvalue weighted by Gasteiger charge is -2.25. The monoisotopic (exact) mass is 318 g/mol. The molecular weight excluding hydrogens is 299 g/mol. The number of rotatable bonds is 5. The molecule has 1 heterocycles. The zero-order valence-corrected chi connectivity index (χ0v) is 13.0. The van der Waals surface area contributed by atoms with E-state index >= 15 is 0 Å². The molecule has 1 fully saturated rings. The van der Waals surface area contributed by atoms with Crippen LogP contribution in [0.2, 0.25) is 5.02 Å². The van der Waals surface area contributed by atoms with E-state index in [1.165, 1.54) is 0 Å². The Morgan fingerprint density at radius 1 is 1.35 bits per heavy atom. The second-order valence-corrected chi connectivity index (χ2v) is 4.91. The summed E-state index contributed by atoms with van der Waals surface area (Å²) >= 11 is 5.84. The summed E-state index contributed by atoms with van der Waals surface area (Å²) in [6.45, 7) is 7.00. The van der Waals surface area contributed by atoms with Gasteiger partial charge in [0.05, 0.1) is 18.9 Å². The normalized spacial score (nSPS) is 16.6. The fourth-order valence-electron chi connectivity index (χ4n) is 1.88. The number of oxime groups is 1. The topological polar surface area (TPSA) is 34.1 Å². The minimum Gasteiger partial charge on any atom is -1.00 e. The number of hydrogen-bond acceptors (Lipinski definition) is 4. The highest BCUT2D eigenvalue weighted by atomic mass is 35.5. The van der Waals surface area contributed by atoms with E-state index in [1.807, 2.05) is 31.2 Å². The van der Waals surface area contributed by atoms with Crippen LogP contribution in [0.1, 0.15) is 13.9 Å². The highest BCUT2D eigenvalue weighted by Crippen LogP contribution is 2.10. The molecule has 0 unspecified atom stereocenters. The van der Waals surface area contributed by atoms with E-state index in [4.69, 9.17) is 21.2 Å². The predicted octanol–water partition coefficient (Wildman–Crippen LogP) is -0.471. The van der Waals surface area contributed by atoms with E-state index in [2.05, 4.69) is 10.1 Å². The van der Waals surface area contributed by atoms with E-state index in [0.717, 1.165) is 49.1 Å². The zero-order valence-electron chi connectivity index (χ0n) is 12.5. The van der Waals surface area contributed by atoms with E-state index in [-0.39, 0.29) is 13.8 Å². The van der Waals surface area contributed by atoms with Crippen molar-refractivity contribution in [3.8, 4) is 0 Å². The Balaban J connectivity index is 0.00000200. The lowest BCUT2D eigenvalue weighted by molar-refractivity contribution is -0.00000791. The van der Waals surface area contributed by atoms with Gasteiger partial charge in [-0.25, -0.2) is 0 Å². The van der Waals surface area contributed by atoms with Gasteiger partial charge in [0, 0.05) is 24.7 Å². The Morgan fingerprint density at radius 2 is 2.00 bits per heavy atom. The molecule has 0 aromatic heterocycles. The van der Waals surface area contributed by atoms with Gasteiger partial charge in [-0.05, 0) is 24.6 Å². The maximum atomic E-state index is 5.84. The third kappa shape index (κ3) is 5.67. The van der Waals surface area contributed by atoms with E-state index in [9.17, 15) is 0 Å². The summed E-state index contributed by atoms with van der Waals surface area (Å²) in [6, 6.07) is 7.58. The van der Waals surface area contributed by atoms with Crippen LogP contribution in [0.4, 0.5) is 0 Å². The van der Waals surface area contributed by atoms with Gasteiger partial charge in [-0.2, -0.15) is 0 Å². The van der Waals surface area contributed by atoms with Crippen molar-refractivity contribution in [1.29, 1.82) is 0 Å². The molecule has 0 spiro atoms. The average molecular weight is 319 g/mol. The van der Waals surface area contributed by atoms with Crippen molar-refractivity contribution < 1.29 is 23.4 Å². The minimum atomic E-state index is 0. The van der Waals surface area contributed by atoms with Crippen LogP contribution in [0.3, 0.4) is 0 Å². The number of hydrogen-bond donors (Lipinski definition) is 0. The molecule has 6 heteroatoms. The van der Waals surface area contributed by atoms with Crippen LogP contribution in [0, 0.1) is 0 Å². The van der Waals surface area contributed by atoms with Gasteiger partial charge in [0.15, 0.2) is 0 Å².